The third-order valence-corrected chi connectivity index (χ3v) is 5.33. The van der Waals surface area contributed by atoms with Crippen molar-refractivity contribution in [2.45, 2.75) is 64.5 Å². The first-order chi connectivity index (χ1) is 12.1. The number of nitrogens with zero attached hydrogens (tertiary/aromatic N) is 3. The summed E-state index contributed by atoms with van der Waals surface area (Å²) < 4.78 is 40.5. The van der Waals surface area contributed by atoms with Crippen LogP contribution in [0.25, 0.3) is 5.65 Å². The lowest BCUT2D eigenvalue weighted by atomic mass is 9.80. The molecule has 8 heteroatoms. The summed E-state index contributed by atoms with van der Waals surface area (Å²) in [6.45, 7) is 5.73. The number of fused-ring (bicyclic) bond motifs is 1. The van der Waals surface area contributed by atoms with E-state index in [-0.39, 0.29) is 24.7 Å². The summed E-state index contributed by atoms with van der Waals surface area (Å²) in [7, 11) is 0. The minimum atomic E-state index is -4.13. The highest BCUT2D eigenvalue weighted by molar-refractivity contribution is 5.95. The van der Waals surface area contributed by atoms with Gasteiger partial charge in [-0.2, -0.15) is 18.3 Å². The van der Waals surface area contributed by atoms with E-state index in [1.54, 1.807) is 4.52 Å². The molecule has 1 amide bonds. The maximum Gasteiger partial charge on any atom is 0.391 e. The quantitative estimate of drug-likeness (QED) is 0.887. The summed E-state index contributed by atoms with van der Waals surface area (Å²) in [5.41, 5.74) is 8.69. The van der Waals surface area contributed by atoms with Crippen LogP contribution in [0.15, 0.2) is 6.20 Å². The molecule has 2 aromatic heterocycles. The number of rotatable bonds is 3. The second-order valence-corrected chi connectivity index (χ2v) is 7.40. The van der Waals surface area contributed by atoms with Crippen LogP contribution in [0.2, 0.25) is 0 Å². The maximum atomic E-state index is 12.9. The molecule has 0 spiro atoms. The average molecular weight is 368 g/mol. The van der Waals surface area contributed by atoms with Gasteiger partial charge in [-0.1, -0.05) is 13.8 Å². The topological polar surface area (TPSA) is 73.3 Å². The molecule has 1 aliphatic rings. The molecule has 1 aliphatic carbocycles. The second kappa shape index (κ2) is 6.55. The minimum Gasteiger partial charge on any atom is -0.366 e. The fourth-order valence-corrected chi connectivity index (χ4v) is 4.06. The molecule has 2 N–H and O–H groups in total. The number of hydrogen-bond acceptors (Lipinski definition) is 3. The van der Waals surface area contributed by atoms with Crippen LogP contribution in [0.3, 0.4) is 0 Å². The van der Waals surface area contributed by atoms with Gasteiger partial charge in [0, 0.05) is 11.5 Å². The molecule has 2 aromatic rings. The van der Waals surface area contributed by atoms with Gasteiger partial charge >= 0.3 is 6.18 Å². The van der Waals surface area contributed by atoms with E-state index in [0.29, 0.717) is 24.1 Å². The summed E-state index contributed by atoms with van der Waals surface area (Å²) in [5.74, 6) is -1.79. The minimum absolute atomic E-state index is 0.0126. The second-order valence-electron chi connectivity index (χ2n) is 7.40. The summed E-state index contributed by atoms with van der Waals surface area (Å²) >= 11 is 0. The van der Waals surface area contributed by atoms with Crippen molar-refractivity contribution in [2.75, 3.05) is 0 Å². The van der Waals surface area contributed by atoms with Crippen molar-refractivity contribution >= 4 is 11.6 Å². The predicted octanol–water partition coefficient (Wildman–Crippen LogP) is 4.10. The van der Waals surface area contributed by atoms with Gasteiger partial charge < -0.3 is 5.73 Å². The van der Waals surface area contributed by atoms with Crippen molar-refractivity contribution in [3.63, 3.8) is 0 Å². The van der Waals surface area contributed by atoms with Gasteiger partial charge in [0.05, 0.1) is 29.1 Å². The summed E-state index contributed by atoms with van der Waals surface area (Å²) in [4.78, 5) is 16.3. The Hall–Kier alpha value is -2.12. The largest absolute Gasteiger partial charge is 0.391 e. The Morgan fingerprint density at radius 1 is 1.27 bits per heavy atom. The molecule has 0 aliphatic heterocycles. The SMILES string of the molecule is Cc1nc2c(C(C)C)c(C(N)=O)cnn2c1C1CCC(C(F)(F)F)CC1. The number of carbonyl (C=O) groups is 1. The molecular formula is C18H23F3N4O. The Morgan fingerprint density at radius 3 is 2.38 bits per heavy atom. The average Bonchev–Trinajstić information content (AvgIpc) is 2.88. The fourth-order valence-electron chi connectivity index (χ4n) is 4.06. The number of carbonyl (C=O) groups excluding carboxylic acids is 1. The number of aryl methyl sites for hydroxylation is 1. The molecule has 26 heavy (non-hydrogen) atoms. The molecule has 1 fully saturated rings. The van der Waals surface area contributed by atoms with E-state index in [2.05, 4.69) is 10.1 Å². The van der Waals surface area contributed by atoms with Crippen LogP contribution in [0.4, 0.5) is 13.2 Å². The molecule has 0 aromatic carbocycles. The normalized spacial score (nSPS) is 21.5. The van der Waals surface area contributed by atoms with Crippen LogP contribution < -0.4 is 5.73 Å². The molecule has 142 valence electrons. The summed E-state index contributed by atoms with van der Waals surface area (Å²) in [6.07, 6.45) is -1.53. The van der Waals surface area contributed by atoms with Gasteiger partial charge in [-0.3, -0.25) is 4.79 Å². The monoisotopic (exact) mass is 368 g/mol. The lowest BCUT2D eigenvalue weighted by molar-refractivity contribution is -0.182. The number of halogens is 3. The van der Waals surface area contributed by atoms with Gasteiger partial charge in [0.2, 0.25) is 0 Å². The zero-order valence-electron chi connectivity index (χ0n) is 15.1. The number of amides is 1. The van der Waals surface area contributed by atoms with E-state index in [0.717, 1.165) is 17.0 Å². The van der Waals surface area contributed by atoms with E-state index >= 15 is 0 Å². The van der Waals surface area contributed by atoms with Crippen LogP contribution in [-0.2, 0) is 0 Å². The Labute approximate surface area is 149 Å². The van der Waals surface area contributed by atoms with E-state index in [1.165, 1.54) is 6.20 Å². The predicted molar refractivity (Wildman–Crippen MR) is 91.1 cm³/mol. The third-order valence-electron chi connectivity index (χ3n) is 5.33. The van der Waals surface area contributed by atoms with Crippen LogP contribution in [-0.4, -0.2) is 26.7 Å². The van der Waals surface area contributed by atoms with Crippen molar-refractivity contribution in [2.24, 2.45) is 11.7 Å². The molecule has 2 heterocycles. The first-order valence-corrected chi connectivity index (χ1v) is 8.85. The Morgan fingerprint density at radius 2 is 1.88 bits per heavy atom. The number of alkyl halides is 3. The zero-order valence-corrected chi connectivity index (χ0v) is 15.1. The Bertz CT molecular complexity index is 833. The molecule has 0 unspecified atom stereocenters. The Kier molecular flexibility index (Phi) is 4.71. The lowest BCUT2D eigenvalue weighted by Crippen LogP contribution is -2.27. The molecule has 0 atom stereocenters. The number of nitrogens with two attached hydrogens (primary N) is 1. The number of aromatic nitrogens is 3. The summed E-state index contributed by atoms with van der Waals surface area (Å²) in [5, 5.41) is 4.34. The highest BCUT2D eigenvalue weighted by Crippen LogP contribution is 2.43. The highest BCUT2D eigenvalue weighted by Gasteiger charge is 2.42. The van der Waals surface area contributed by atoms with Gasteiger partial charge in [-0.15, -0.1) is 0 Å². The fraction of sp³-hybridized carbons (Fsp3) is 0.611. The maximum absolute atomic E-state index is 12.9. The molecule has 0 bridgehead atoms. The van der Waals surface area contributed by atoms with E-state index in [4.69, 9.17) is 5.73 Å². The van der Waals surface area contributed by atoms with Gasteiger partial charge in [0.15, 0.2) is 5.65 Å². The molecule has 0 saturated heterocycles. The smallest absolute Gasteiger partial charge is 0.366 e. The van der Waals surface area contributed by atoms with E-state index < -0.39 is 18.0 Å². The molecule has 1 saturated carbocycles. The molecule has 3 rings (SSSR count). The van der Waals surface area contributed by atoms with Crippen molar-refractivity contribution in [1.82, 2.24) is 14.6 Å². The van der Waals surface area contributed by atoms with Crippen molar-refractivity contribution in [1.29, 1.82) is 0 Å². The first kappa shape index (κ1) is 18.7. The van der Waals surface area contributed by atoms with Crippen molar-refractivity contribution in [3.8, 4) is 0 Å². The number of primary amides is 1. The standard InChI is InChI=1S/C18H23F3N4O/c1-9(2)14-13(16(22)26)8-23-25-15(10(3)24-17(14)25)11-4-6-12(7-5-11)18(19,20)21/h8-9,11-12H,4-7H2,1-3H3,(H2,22,26). The lowest BCUT2D eigenvalue weighted by Gasteiger charge is -2.29. The van der Waals surface area contributed by atoms with Gasteiger partial charge in [0.25, 0.3) is 5.91 Å². The van der Waals surface area contributed by atoms with E-state index in [1.807, 2.05) is 20.8 Å². The molecule has 0 radical (unpaired) electrons. The number of hydrogen-bond donors (Lipinski definition) is 1. The number of imidazole rings is 1. The Balaban J connectivity index is 2.02. The van der Waals surface area contributed by atoms with Crippen LogP contribution in [0.5, 0.6) is 0 Å². The molecular weight excluding hydrogens is 345 g/mol. The van der Waals surface area contributed by atoms with Crippen LogP contribution >= 0.6 is 0 Å². The van der Waals surface area contributed by atoms with Crippen LogP contribution in [0, 0.1) is 12.8 Å². The third kappa shape index (κ3) is 3.17. The zero-order chi connectivity index (χ0) is 19.2. The van der Waals surface area contributed by atoms with Gasteiger partial charge in [-0.25, -0.2) is 9.50 Å². The van der Waals surface area contributed by atoms with Crippen molar-refractivity contribution in [3.05, 3.63) is 28.7 Å². The highest BCUT2D eigenvalue weighted by atomic mass is 19.4. The van der Waals surface area contributed by atoms with E-state index in [9.17, 15) is 18.0 Å². The van der Waals surface area contributed by atoms with Crippen molar-refractivity contribution < 1.29 is 18.0 Å². The van der Waals surface area contributed by atoms with Gasteiger partial charge in [-0.05, 0) is 38.5 Å². The first-order valence-electron chi connectivity index (χ1n) is 8.85. The van der Waals surface area contributed by atoms with Gasteiger partial charge in [0.1, 0.15) is 0 Å². The van der Waals surface area contributed by atoms with Crippen LogP contribution in [0.1, 0.15) is 78.7 Å². The summed E-state index contributed by atoms with van der Waals surface area (Å²) in [6, 6.07) is 0. The molecule has 5 nitrogen and oxygen atoms in total.